The predicted molar refractivity (Wildman–Crippen MR) is 72.0 cm³/mol. The second kappa shape index (κ2) is 5.03. The van der Waals surface area contributed by atoms with Crippen molar-refractivity contribution in [2.24, 2.45) is 0 Å². The number of aryl methyl sites for hydroxylation is 1. The molecule has 0 spiro atoms. The lowest BCUT2D eigenvalue weighted by Gasteiger charge is -2.18. The topological polar surface area (TPSA) is 49.9 Å². The molecule has 0 aromatic heterocycles. The van der Waals surface area contributed by atoms with Crippen LogP contribution < -0.4 is 5.46 Å². The van der Waals surface area contributed by atoms with E-state index < -0.39 is 10.0 Å². The van der Waals surface area contributed by atoms with E-state index in [4.69, 9.17) is 4.74 Å². The maximum absolute atomic E-state index is 12.4. The van der Waals surface area contributed by atoms with Gasteiger partial charge in [-0.3, -0.25) is 0 Å². The van der Waals surface area contributed by atoms with Gasteiger partial charge in [0.05, 0.1) is 17.6 Å². The molecule has 0 bridgehead atoms. The van der Waals surface area contributed by atoms with Crippen LogP contribution in [-0.4, -0.2) is 46.3 Å². The van der Waals surface area contributed by atoms with Crippen molar-refractivity contribution in [2.75, 3.05) is 20.2 Å². The Morgan fingerprint density at radius 3 is 2.67 bits per heavy atom. The molecule has 1 aliphatic rings. The maximum atomic E-state index is 12.4. The van der Waals surface area contributed by atoms with Gasteiger partial charge in [0, 0.05) is 13.6 Å². The first-order valence-electron chi connectivity index (χ1n) is 5.93. The molecule has 1 atom stereocenters. The maximum Gasteiger partial charge on any atom is 0.243 e. The number of hydrogen-bond acceptors (Lipinski definition) is 3. The van der Waals surface area contributed by atoms with Gasteiger partial charge in [0.25, 0.3) is 0 Å². The number of sulfonamides is 1. The smallest absolute Gasteiger partial charge is 0.243 e. The minimum atomic E-state index is -3.41. The fourth-order valence-corrected chi connectivity index (χ4v) is 3.27. The van der Waals surface area contributed by atoms with Crippen LogP contribution in [0.1, 0.15) is 5.56 Å². The largest absolute Gasteiger partial charge is 0.372 e. The molecule has 4 nitrogen and oxygen atoms in total. The summed E-state index contributed by atoms with van der Waals surface area (Å²) in [6.45, 7) is 4.83. The number of ether oxygens (including phenoxy) is 1. The van der Waals surface area contributed by atoms with E-state index in [1.54, 1.807) is 13.1 Å². The molecule has 1 aliphatic heterocycles. The van der Waals surface area contributed by atoms with Gasteiger partial charge in [0.15, 0.2) is 0 Å². The van der Waals surface area contributed by atoms with Gasteiger partial charge in [-0.2, -0.15) is 4.31 Å². The minimum absolute atomic E-state index is 0.0633. The summed E-state index contributed by atoms with van der Waals surface area (Å²) in [5, 5.41) is 0. The van der Waals surface area contributed by atoms with Gasteiger partial charge in [-0.1, -0.05) is 24.4 Å². The Kier molecular flexibility index (Phi) is 3.80. The molecule has 1 radical (unpaired) electrons. The fourth-order valence-electron chi connectivity index (χ4n) is 1.87. The summed E-state index contributed by atoms with van der Waals surface area (Å²) in [5.41, 5.74) is 1.80. The minimum Gasteiger partial charge on any atom is -0.372 e. The monoisotopic (exact) mass is 266 g/mol. The van der Waals surface area contributed by atoms with E-state index in [-0.39, 0.29) is 6.10 Å². The standard InChI is InChI=1S/C12H17BNO3S/c1-9-6-10(13-2)4-5-12(9)18(15,16)14(3)7-11-8-17-11/h4-6,11H,7-8H2,1-3H3. The Balaban J connectivity index is 2.28. The Morgan fingerprint density at radius 2 is 2.17 bits per heavy atom. The zero-order chi connectivity index (χ0) is 13.3. The van der Waals surface area contributed by atoms with Crippen LogP contribution in [0.15, 0.2) is 23.1 Å². The van der Waals surface area contributed by atoms with Crippen LogP contribution in [0.3, 0.4) is 0 Å². The molecule has 6 heteroatoms. The van der Waals surface area contributed by atoms with E-state index in [9.17, 15) is 8.42 Å². The van der Waals surface area contributed by atoms with Crippen molar-refractivity contribution in [1.82, 2.24) is 4.31 Å². The molecule has 1 fully saturated rings. The molecule has 1 saturated heterocycles. The van der Waals surface area contributed by atoms with Gasteiger partial charge in [0.2, 0.25) is 10.0 Å². The molecule has 0 aliphatic carbocycles. The first-order valence-corrected chi connectivity index (χ1v) is 7.37. The molecule has 1 aromatic rings. The van der Waals surface area contributed by atoms with Gasteiger partial charge >= 0.3 is 0 Å². The highest BCUT2D eigenvalue weighted by atomic mass is 32.2. The summed E-state index contributed by atoms with van der Waals surface area (Å²) in [6, 6.07) is 5.37. The quantitative estimate of drug-likeness (QED) is 0.572. The van der Waals surface area contributed by atoms with Crippen molar-refractivity contribution >= 4 is 22.8 Å². The second-order valence-corrected chi connectivity index (χ2v) is 6.57. The van der Waals surface area contributed by atoms with Crippen LogP contribution in [0.2, 0.25) is 6.82 Å². The van der Waals surface area contributed by atoms with E-state index in [0.717, 1.165) is 11.0 Å². The number of epoxide rings is 1. The van der Waals surface area contributed by atoms with Crippen molar-refractivity contribution in [3.8, 4) is 0 Å². The van der Waals surface area contributed by atoms with Crippen LogP contribution >= 0.6 is 0 Å². The molecule has 1 aromatic carbocycles. The van der Waals surface area contributed by atoms with E-state index in [2.05, 4.69) is 0 Å². The van der Waals surface area contributed by atoms with Gasteiger partial charge in [0.1, 0.15) is 7.28 Å². The third-order valence-corrected chi connectivity index (χ3v) is 5.07. The SMILES string of the molecule is C[B]c1ccc(S(=O)(=O)N(C)CC2CO2)c(C)c1. The van der Waals surface area contributed by atoms with Gasteiger partial charge in [-0.15, -0.1) is 0 Å². The molecule has 1 unspecified atom stereocenters. The molecule has 0 N–H and O–H groups in total. The first kappa shape index (κ1) is 13.6. The van der Waals surface area contributed by atoms with E-state index in [1.165, 1.54) is 4.31 Å². The Morgan fingerprint density at radius 1 is 1.50 bits per heavy atom. The summed E-state index contributed by atoms with van der Waals surface area (Å²) in [6.07, 6.45) is 0.0633. The first-order chi connectivity index (χ1) is 8.45. The summed E-state index contributed by atoms with van der Waals surface area (Å²) in [4.78, 5) is 0.372. The zero-order valence-electron chi connectivity index (χ0n) is 10.9. The highest BCUT2D eigenvalue weighted by Crippen LogP contribution is 2.20. The van der Waals surface area contributed by atoms with Gasteiger partial charge in [-0.05, 0) is 18.6 Å². The van der Waals surface area contributed by atoms with Crippen LogP contribution in [0, 0.1) is 6.92 Å². The number of hydrogen-bond donors (Lipinski definition) is 0. The highest BCUT2D eigenvalue weighted by molar-refractivity contribution is 7.89. The van der Waals surface area contributed by atoms with Crippen molar-refractivity contribution in [3.63, 3.8) is 0 Å². The average molecular weight is 266 g/mol. The number of likely N-dealkylation sites (N-methyl/N-ethyl adjacent to an activating group) is 1. The molecule has 97 valence electrons. The Labute approximate surface area is 109 Å². The van der Waals surface area contributed by atoms with E-state index in [1.807, 2.05) is 33.2 Å². The lowest BCUT2D eigenvalue weighted by molar-refractivity contribution is 0.359. The molecule has 1 heterocycles. The van der Waals surface area contributed by atoms with E-state index >= 15 is 0 Å². The normalized spacial score (nSPS) is 19.0. The summed E-state index contributed by atoms with van der Waals surface area (Å²) in [7, 11) is 0.133. The van der Waals surface area contributed by atoms with Crippen molar-refractivity contribution in [3.05, 3.63) is 23.8 Å². The van der Waals surface area contributed by atoms with Crippen LogP contribution in [0.25, 0.3) is 0 Å². The lowest BCUT2D eigenvalue weighted by atomic mass is 9.73. The predicted octanol–water partition coefficient (Wildman–Crippen LogP) is 0.392. The van der Waals surface area contributed by atoms with Crippen molar-refractivity contribution < 1.29 is 13.2 Å². The third kappa shape index (κ3) is 2.76. The average Bonchev–Trinajstić information content (AvgIpc) is 3.12. The number of rotatable bonds is 5. The van der Waals surface area contributed by atoms with Crippen molar-refractivity contribution in [1.29, 1.82) is 0 Å². The fraction of sp³-hybridized carbons (Fsp3) is 0.500. The molecule has 0 saturated carbocycles. The lowest BCUT2D eigenvalue weighted by Crippen LogP contribution is -2.31. The van der Waals surface area contributed by atoms with Crippen LogP contribution in [0.4, 0.5) is 0 Å². The van der Waals surface area contributed by atoms with Gasteiger partial charge < -0.3 is 4.74 Å². The summed E-state index contributed by atoms with van der Waals surface area (Å²) in [5.74, 6) is 0. The highest BCUT2D eigenvalue weighted by Gasteiger charge is 2.30. The van der Waals surface area contributed by atoms with Crippen LogP contribution in [-0.2, 0) is 14.8 Å². The van der Waals surface area contributed by atoms with E-state index in [0.29, 0.717) is 18.0 Å². The number of nitrogens with zero attached hydrogens (tertiary/aromatic N) is 1. The van der Waals surface area contributed by atoms with Crippen molar-refractivity contribution in [2.45, 2.75) is 24.7 Å². The zero-order valence-corrected chi connectivity index (χ0v) is 11.7. The summed E-state index contributed by atoms with van der Waals surface area (Å²) < 4.78 is 31.2. The molecular weight excluding hydrogens is 249 g/mol. The molecule has 18 heavy (non-hydrogen) atoms. The summed E-state index contributed by atoms with van der Waals surface area (Å²) >= 11 is 0. The molecular formula is C12H17BNO3S. The number of benzene rings is 1. The van der Waals surface area contributed by atoms with Gasteiger partial charge in [-0.25, -0.2) is 8.42 Å². The van der Waals surface area contributed by atoms with Crippen LogP contribution in [0.5, 0.6) is 0 Å². The second-order valence-electron chi connectivity index (χ2n) is 4.55. The Hall–Kier alpha value is -0.845. The Bertz CT molecular complexity index is 540. The molecule has 2 rings (SSSR count). The molecule has 0 amide bonds. The third-order valence-electron chi connectivity index (χ3n) is 3.08.